The van der Waals surface area contributed by atoms with Gasteiger partial charge in [0.05, 0.1) is 23.1 Å². The number of halogens is 1. The lowest BCUT2D eigenvalue weighted by Gasteiger charge is -2.14. The summed E-state index contributed by atoms with van der Waals surface area (Å²) in [6.45, 7) is 3.43. The summed E-state index contributed by atoms with van der Waals surface area (Å²) >= 11 is 5.94. The number of aliphatic hydroxyl groups is 1. The lowest BCUT2D eigenvalue weighted by Crippen LogP contribution is -2.11. The fraction of sp³-hybridized carbons (Fsp3) is 0.211. The fourth-order valence-electron chi connectivity index (χ4n) is 2.77. The van der Waals surface area contributed by atoms with Crippen molar-refractivity contribution in [3.63, 3.8) is 0 Å². The molecule has 3 aromatic rings. The summed E-state index contributed by atoms with van der Waals surface area (Å²) in [5, 5.41) is 20.3. The molecule has 4 nitrogen and oxygen atoms in total. The van der Waals surface area contributed by atoms with Gasteiger partial charge in [-0.3, -0.25) is 4.79 Å². The van der Waals surface area contributed by atoms with Gasteiger partial charge in [0.15, 0.2) is 0 Å². The van der Waals surface area contributed by atoms with Gasteiger partial charge >= 0.3 is 0 Å². The normalized spacial score (nSPS) is 11.4. The molecule has 124 valence electrons. The van der Waals surface area contributed by atoms with Gasteiger partial charge in [-0.25, -0.2) is 0 Å². The van der Waals surface area contributed by atoms with Crippen LogP contribution < -0.4 is 5.43 Å². The topological polar surface area (TPSA) is 70.7 Å². The lowest BCUT2D eigenvalue weighted by atomic mass is 9.96. The molecule has 0 unspecified atom stereocenters. The lowest BCUT2D eigenvalue weighted by molar-refractivity contribution is 0.275. The molecule has 0 saturated carbocycles. The summed E-state index contributed by atoms with van der Waals surface area (Å²) in [7, 11) is 0. The SMILES string of the molecule is CC(C)c1oc2c(CO)c(O)ccc2c(=O)c1-c1ccc(Cl)cc1. The molecule has 0 aliphatic carbocycles. The van der Waals surface area contributed by atoms with Crippen molar-refractivity contribution in [1.82, 2.24) is 0 Å². The van der Waals surface area contributed by atoms with Crippen molar-refractivity contribution in [2.24, 2.45) is 0 Å². The Morgan fingerprint density at radius 1 is 1.12 bits per heavy atom. The van der Waals surface area contributed by atoms with Crippen LogP contribution in [0.2, 0.25) is 5.02 Å². The molecule has 5 heteroatoms. The first kappa shape index (κ1) is 16.6. The predicted octanol–water partition coefficient (Wildman–Crippen LogP) is 4.43. The summed E-state index contributed by atoms with van der Waals surface area (Å²) < 4.78 is 5.97. The van der Waals surface area contributed by atoms with Crippen molar-refractivity contribution in [1.29, 1.82) is 0 Å². The third kappa shape index (κ3) is 2.68. The first-order valence-electron chi connectivity index (χ1n) is 7.62. The Morgan fingerprint density at radius 2 is 1.79 bits per heavy atom. The summed E-state index contributed by atoms with van der Waals surface area (Å²) in [6.07, 6.45) is 0. The van der Waals surface area contributed by atoms with Gasteiger partial charge in [-0.15, -0.1) is 0 Å². The van der Waals surface area contributed by atoms with Gasteiger partial charge in [-0.1, -0.05) is 37.6 Å². The van der Waals surface area contributed by atoms with E-state index in [-0.39, 0.29) is 28.2 Å². The minimum absolute atomic E-state index is 0.0540. The van der Waals surface area contributed by atoms with E-state index in [1.807, 2.05) is 13.8 Å². The number of fused-ring (bicyclic) bond motifs is 1. The Hall–Kier alpha value is -2.30. The highest BCUT2D eigenvalue weighted by Gasteiger charge is 2.21. The van der Waals surface area contributed by atoms with Gasteiger partial charge in [0.1, 0.15) is 17.1 Å². The molecule has 1 heterocycles. The number of aliphatic hydroxyl groups excluding tert-OH is 1. The van der Waals surface area contributed by atoms with Crippen molar-refractivity contribution in [2.75, 3.05) is 0 Å². The zero-order valence-electron chi connectivity index (χ0n) is 13.3. The van der Waals surface area contributed by atoms with Crippen molar-refractivity contribution < 1.29 is 14.6 Å². The highest BCUT2D eigenvalue weighted by Crippen LogP contribution is 2.33. The van der Waals surface area contributed by atoms with Crippen LogP contribution in [0.3, 0.4) is 0 Å². The Bertz CT molecular complexity index is 956. The van der Waals surface area contributed by atoms with Crippen LogP contribution in [0.5, 0.6) is 5.75 Å². The second-order valence-corrected chi connectivity index (χ2v) is 6.37. The quantitative estimate of drug-likeness (QED) is 0.737. The van der Waals surface area contributed by atoms with E-state index in [0.717, 1.165) is 5.56 Å². The van der Waals surface area contributed by atoms with Gasteiger partial charge in [0.2, 0.25) is 5.43 Å². The van der Waals surface area contributed by atoms with Gasteiger partial charge in [-0.2, -0.15) is 0 Å². The fourth-order valence-corrected chi connectivity index (χ4v) is 2.90. The van der Waals surface area contributed by atoms with Crippen molar-refractivity contribution in [2.45, 2.75) is 26.4 Å². The average Bonchev–Trinajstić information content (AvgIpc) is 2.55. The van der Waals surface area contributed by atoms with Crippen LogP contribution in [0.15, 0.2) is 45.6 Å². The molecule has 0 saturated heterocycles. The third-order valence-electron chi connectivity index (χ3n) is 3.98. The van der Waals surface area contributed by atoms with Crippen molar-refractivity contribution >= 4 is 22.6 Å². The highest BCUT2D eigenvalue weighted by molar-refractivity contribution is 6.30. The van der Waals surface area contributed by atoms with Crippen LogP contribution in [0.4, 0.5) is 0 Å². The zero-order chi connectivity index (χ0) is 17.4. The summed E-state index contributed by atoms with van der Waals surface area (Å²) in [5.74, 6) is 0.360. The van der Waals surface area contributed by atoms with Crippen LogP contribution in [0.25, 0.3) is 22.1 Å². The molecule has 1 aromatic heterocycles. The molecule has 0 atom stereocenters. The van der Waals surface area contributed by atoms with E-state index in [1.165, 1.54) is 12.1 Å². The molecular formula is C19H17ClO4. The Morgan fingerprint density at radius 3 is 2.38 bits per heavy atom. The van der Waals surface area contributed by atoms with Crippen LogP contribution in [0, 0.1) is 0 Å². The molecule has 2 aromatic carbocycles. The van der Waals surface area contributed by atoms with Gasteiger partial charge < -0.3 is 14.6 Å². The van der Waals surface area contributed by atoms with E-state index in [2.05, 4.69) is 0 Å². The van der Waals surface area contributed by atoms with Gasteiger partial charge in [0, 0.05) is 10.9 Å². The summed E-state index contributed by atoms with van der Waals surface area (Å²) in [4.78, 5) is 13.1. The van der Waals surface area contributed by atoms with Crippen LogP contribution in [-0.4, -0.2) is 10.2 Å². The summed E-state index contributed by atoms with van der Waals surface area (Å²) in [6, 6.07) is 9.91. The molecule has 0 spiro atoms. The molecule has 2 N–H and O–H groups in total. The molecule has 0 amide bonds. The van der Waals surface area contributed by atoms with E-state index in [4.69, 9.17) is 16.0 Å². The summed E-state index contributed by atoms with van der Waals surface area (Å²) in [5.41, 5.74) is 1.44. The van der Waals surface area contributed by atoms with Crippen molar-refractivity contribution in [3.8, 4) is 16.9 Å². The largest absolute Gasteiger partial charge is 0.507 e. The maximum absolute atomic E-state index is 13.1. The van der Waals surface area contributed by atoms with Crippen LogP contribution in [0.1, 0.15) is 31.1 Å². The van der Waals surface area contributed by atoms with E-state index in [1.54, 1.807) is 24.3 Å². The average molecular weight is 345 g/mol. The molecule has 0 fully saturated rings. The Labute approximate surface area is 143 Å². The second kappa shape index (κ2) is 6.30. The smallest absolute Gasteiger partial charge is 0.200 e. The van der Waals surface area contributed by atoms with E-state index in [9.17, 15) is 15.0 Å². The van der Waals surface area contributed by atoms with E-state index >= 15 is 0 Å². The Kier molecular flexibility index (Phi) is 4.35. The second-order valence-electron chi connectivity index (χ2n) is 5.93. The zero-order valence-corrected chi connectivity index (χ0v) is 14.1. The number of phenols is 1. The third-order valence-corrected chi connectivity index (χ3v) is 4.23. The Balaban J connectivity index is 2.43. The molecule has 0 aliphatic heterocycles. The highest BCUT2D eigenvalue weighted by atomic mass is 35.5. The maximum Gasteiger partial charge on any atom is 0.200 e. The first-order chi connectivity index (χ1) is 11.4. The molecule has 24 heavy (non-hydrogen) atoms. The van der Waals surface area contributed by atoms with E-state index in [0.29, 0.717) is 21.7 Å². The minimum atomic E-state index is -0.413. The molecule has 3 rings (SSSR count). The monoisotopic (exact) mass is 344 g/mol. The first-order valence-corrected chi connectivity index (χ1v) is 8.00. The van der Waals surface area contributed by atoms with Gasteiger partial charge in [0.25, 0.3) is 0 Å². The number of rotatable bonds is 3. The number of aromatic hydroxyl groups is 1. The molecule has 0 radical (unpaired) electrons. The number of benzene rings is 2. The predicted molar refractivity (Wildman–Crippen MR) is 94.6 cm³/mol. The molecular weight excluding hydrogens is 328 g/mol. The number of hydrogen-bond acceptors (Lipinski definition) is 4. The molecule has 0 aliphatic rings. The standard InChI is InChI=1S/C19H17ClO4/c1-10(2)18-16(11-3-5-12(20)6-4-11)17(23)13-7-8-15(22)14(9-21)19(13)24-18/h3-8,10,21-22H,9H2,1-2H3. The van der Waals surface area contributed by atoms with Crippen LogP contribution in [-0.2, 0) is 6.61 Å². The van der Waals surface area contributed by atoms with Gasteiger partial charge in [-0.05, 0) is 29.8 Å². The van der Waals surface area contributed by atoms with Crippen LogP contribution >= 0.6 is 11.6 Å². The maximum atomic E-state index is 13.1. The van der Waals surface area contributed by atoms with E-state index < -0.39 is 6.61 Å². The van der Waals surface area contributed by atoms with Crippen molar-refractivity contribution in [3.05, 3.63) is 63.0 Å². The minimum Gasteiger partial charge on any atom is -0.507 e. The number of hydrogen-bond donors (Lipinski definition) is 2. The molecule has 0 bridgehead atoms.